The molecule has 1 N–H and O–H groups in total. The molecule has 1 atom stereocenters. The predicted octanol–water partition coefficient (Wildman–Crippen LogP) is 5.79. The van der Waals surface area contributed by atoms with Gasteiger partial charge in [0.15, 0.2) is 6.10 Å². The van der Waals surface area contributed by atoms with Gasteiger partial charge in [-0.05, 0) is 62.2 Å². The lowest BCUT2D eigenvalue weighted by atomic mass is 9.96. The summed E-state index contributed by atoms with van der Waals surface area (Å²) in [5.41, 5.74) is 1.62. The van der Waals surface area contributed by atoms with E-state index in [1.54, 1.807) is 81.0 Å². The van der Waals surface area contributed by atoms with Crippen LogP contribution >= 0.6 is 11.6 Å². The maximum Gasteiger partial charge on any atom is 0.339 e. The molecule has 2 aromatic carbocycles. The van der Waals surface area contributed by atoms with Gasteiger partial charge in [-0.2, -0.15) is 0 Å². The average molecular weight is 497 g/mol. The molecule has 0 bridgehead atoms. The maximum absolute atomic E-state index is 13.6. The number of carbonyl (C=O) groups is 1. The summed E-state index contributed by atoms with van der Waals surface area (Å²) in [5, 5.41) is 11.2. The Hall–Kier alpha value is -3.42. The van der Waals surface area contributed by atoms with Crippen molar-refractivity contribution in [2.24, 2.45) is 7.05 Å². The molecule has 8 heteroatoms. The fourth-order valence-electron chi connectivity index (χ4n) is 4.21. The number of ether oxygens (including phenoxy) is 1. The number of hydrogen-bond acceptors (Lipinski definition) is 3. The summed E-state index contributed by atoms with van der Waals surface area (Å²) in [5.74, 6) is -1.54. The summed E-state index contributed by atoms with van der Waals surface area (Å²) in [7, 11) is 1.55. The monoisotopic (exact) mass is 496 g/mol. The number of nitrogens with zero attached hydrogens (tertiary/aromatic N) is 2. The summed E-state index contributed by atoms with van der Waals surface area (Å²) < 4.78 is 22.5. The van der Waals surface area contributed by atoms with Gasteiger partial charge < -0.3 is 19.0 Å². The highest BCUT2D eigenvalue weighted by atomic mass is 35.5. The number of rotatable bonds is 6. The Balaban J connectivity index is 2.02. The highest BCUT2D eigenvalue weighted by Gasteiger charge is 2.33. The molecule has 0 aliphatic heterocycles. The molecule has 0 aliphatic rings. The minimum absolute atomic E-state index is 0.242. The van der Waals surface area contributed by atoms with Gasteiger partial charge in [0.05, 0.1) is 11.3 Å². The summed E-state index contributed by atoms with van der Waals surface area (Å²) >= 11 is 6.11. The van der Waals surface area contributed by atoms with Gasteiger partial charge in [-0.15, -0.1) is 0 Å². The van der Waals surface area contributed by atoms with E-state index >= 15 is 0 Å². The zero-order chi connectivity index (χ0) is 25.5. The molecule has 182 valence electrons. The van der Waals surface area contributed by atoms with Crippen molar-refractivity contribution in [1.29, 1.82) is 0 Å². The summed E-state index contributed by atoms with van der Waals surface area (Å²) in [6, 6.07) is 14.9. The Morgan fingerprint density at radius 2 is 1.71 bits per heavy atom. The first-order valence-corrected chi connectivity index (χ1v) is 11.5. The predicted molar refractivity (Wildman–Crippen MR) is 134 cm³/mol. The van der Waals surface area contributed by atoms with Crippen molar-refractivity contribution >= 4 is 28.5 Å². The summed E-state index contributed by atoms with van der Waals surface area (Å²) in [6.45, 7) is 5.64. The van der Waals surface area contributed by atoms with Gasteiger partial charge in [0, 0.05) is 35.8 Å². The molecular weight excluding hydrogens is 471 g/mol. The van der Waals surface area contributed by atoms with Crippen LogP contribution in [0.1, 0.15) is 38.1 Å². The normalized spacial score (nSPS) is 12.7. The van der Waals surface area contributed by atoms with Crippen LogP contribution in [0.25, 0.3) is 22.0 Å². The molecule has 0 spiro atoms. The molecule has 0 saturated carbocycles. The van der Waals surface area contributed by atoms with E-state index in [4.69, 9.17) is 16.3 Å². The number of pyridine rings is 1. The molecule has 1 unspecified atom stereocenters. The zero-order valence-electron chi connectivity index (χ0n) is 19.9. The fraction of sp³-hybridized carbons (Fsp3) is 0.259. The first-order chi connectivity index (χ1) is 16.5. The van der Waals surface area contributed by atoms with E-state index in [1.807, 2.05) is 0 Å². The Labute approximate surface area is 207 Å². The number of benzene rings is 2. The lowest BCUT2D eigenvalue weighted by molar-refractivity contribution is -0.161. The highest BCUT2D eigenvalue weighted by molar-refractivity contribution is 6.30. The van der Waals surface area contributed by atoms with Crippen LogP contribution in [-0.4, -0.2) is 25.8 Å². The third-order valence-corrected chi connectivity index (χ3v) is 5.95. The van der Waals surface area contributed by atoms with Gasteiger partial charge in [0.2, 0.25) is 0 Å². The Kier molecular flexibility index (Phi) is 6.58. The molecule has 0 amide bonds. The van der Waals surface area contributed by atoms with Crippen LogP contribution in [0.15, 0.2) is 65.6 Å². The van der Waals surface area contributed by atoms with Gasteiger partial charge in [-0.3, -0.25) is 4.79 Å². The van der Waals surface area contributed by atoms with Gasteiger partial charge >= 0.3 is 5.97 Å². The van der Waals surface area contributed by atoms with E-state index in [1.165, 1.54) is 16.7 Å². The van der Waals surface area contributed by atoms with Gasteiger partial charge in [0.1, 0.15) is 11.3 Å². The number of carboxylic acid groups (broad SMARTS) is 1. The van der Waals surface area contributed by atoms with Crippen molar-refractivity contribution in [2.75, 3.05) is 0 Å². The Bertz CT molecular complexity index is 1450. The van der Waals surface area contributed by atoms with Crippen LogP contribution in [0.5, 0.6) is 0 Å². The Morgan fingerprint density at radius 3 is 2.29 bits per heavy atom. The molecule has 2 aromatic heterocycles. The van der Waals surface area contributed by atoms with Crippen molar-refractivity contribution in [3.63, 3.8) is 0 Å². The average Bonchev–Trinajstić information content (AvgIpc) is 3.19. The lowest BCUT2D eigenvalue weighted by Gasteiger charge is -2.28. The molecule has 2 heterocycles. The van der Waals surface area contributed by atoms with Crippen molar-refractivity contribution in [3.05, 3.63) is 93.2 Å². The molecule has 0 saturated heterocycles. The third kappa shape index (κ3) is 5.01. The SMILES string of the molecule is Cn1c(C(OC(C)(C)C)C(=O)O)c(-c2ccc(Cl)cc2)c2ccn(Cc3ccc(F)cc3)c2c1=O. The number of carboxylic acids is 1. The summed E-state index contributed by atoms with van der Waals surface area (Å²) in [6.07, 6.45) is 0.391. The number of halogens is 2. The van der Waals surface area contributed by atoms with Crippen LogP contribution in [-0.2, 0) is 23.1 Å². The first-order valence-electron chi connectivity index (χ1n) is 11.1. The Morgan fingerprint density at radius 1 is 1.09 bits per heavy atom. The zero-order valence-corrected chi connectivity index (χ0v) is 20.6. The highest BCUT2D eigenvalue weighted by Crippen LogP contribution is 2.37. The van der Waals surface area contributed by atoms with Crippen LogP contribution in [0.4, 0.5) is 4.39 Å². The standard InChI is InChI=1S/C27H26ClFN2O4/c1-27(2,3)35-24(26(33)34)23-21(17-7-9-18(28)10-8-17)20-13-14-31(22(20)25(32)30(23)4)15-16-5-11-19(29)12-6-16/h5-14,24H,15H2,1-4H3,(H,33,34). The molecular formula is C27H26ClFN2O4. The molecule has 0 radical (unpaired) electrons. The minimum atomic E-state index is -1.39. The van der Waals surface area contributed by atoms with Gasteiger partial charge in [-0.1, -0.05) is 35.9 Å². The smallest absolute Gasteiger partial charge is 0.339 e. The first kappa shape index (κ1) is 24.7. The van der Waals surface area contributed by atoms with E-state index in [2.05, 4.69) is 0 Å². The minimum Gasteiger partial charge on any atom is -0.479 e. The second-order valence-corrected chi connectivity index (χ2v) is 9.85. The fourth-order valence-corrected chi connectivity index (χ4v) is 4.33. The largest absolute Gasteiger partial charge is 0.479 e. The second kappa shape index (κ2) is 9.32. The van der Waals surface area contributed by atoms with E-state index in [9.17, 15) is 19.1 Å². The van der Waals surface area contributed by atoms with Gasteiger partial charge in [0.25, 0.3) is 5.56 Å². The summed E-state index contributed by atoms with van der Waals surface area (Å²) in [4.78, 5) is 26.0. The van der Waals surface area contributed by atoms with Crippen LogP contribution in [0.3, 0.4) is 0 Å². The topological polar surface area (TPSA) is 73.5 Å². The number of hydrogen-bond donors (Lipinski definition) is 1. The second-order valence-electron chi connectivity index (χ2n) is 9.41. The van der Waals surface area contributed by atoms with E-state index in [-0.39, 0.29) is 17.1 Å². The van der Waals surface area contributed by atoms with Crippen molar-refractivity contribution in [3.8, 4) is 11.1 Å². The lowest BCUT2D eigenvalue weighted by Crippen LogP contribution is -2.33. The van der Waals surface area contributed by atoms with E-state index in [0.717, 1.165) is 5.56 Å². The number of fused-ring (bicyclic) bond motifs is 1. The van der Waals surface area contributed by atoms with Crippen LogP contribution < -0.4 is 5.56 Å². The van der Waals surface area contributed by atoms with Crippen molar-refractivity contribution < 1.29 is 19.0 Å². The van der Waals surface area contributed by atoms with E-state index in [0.29, 0.717) is 33.6 Å². The van der Waals surface area contributed by atoms with E-state index < -0.39 is 17.7 Å². The molecule has 35 heavy (non-hydrogen) atoms. The van der Waals surface area contributed by atoms with Gasteiger partial charge in [-0.25, -0.2) is 9.18 Å². The molecule has 4 rings (SSSR count). The third-order valence-electron chi connectivity index (χ3n) is 5.70. The van der Waals surface area contributed by atoms with Crippen molar-refractivity contribution in [2.45, 2.75) is 39.0 Å². The molecule has 0 fully saturated rings. The van der Waals surface area contributed by atoms with Crippen LogP contribution in [0.2, 0.25) is 5.02 Å². The maximum atomic E-state index is 13.6. The quantitative estimate of drug-likeness (QED) is 0.367. The van der Waals surface area contributed by atoms with Crippen LogP contribution in [0, 0.1) is 5.82 Å². The number of aliphatic carboxylic acids is 1. The molecule has 6 nitrogen and oxygen atoms in total. The number of aromatic nitrogens is 2. The molecule has 0 aliphatic carbocycles. The molecule has 4 aromatic rings. The van der Waals surface area contributed by atoms with Crippen molar-refractivity contribution in [1.82, 2.24) is 9.13 Å².